The smallest absolute Gasteiger partial charge is 0.0482 e. The third kappa shape index (κ3) is 4.73. The minimum absolute atomic E-state index is 0.408. The summed E-state index contributed by atoms with van der Waals surface area (Å²) >= 11 is 3.83. The second-order valence-electron chi connectivity index (χ2n) is 11.7. The van der Waals surface area contributed by atoms with Crippen molar-refractivity contribution in [3.63, 3.8) is 0 Å². The molecule has 220 valence electrons. The van der Waals surface area contributed by atoms with Crippen molar-refractivity contribution in [3.05, 3.63) is 175 Å². The number of thiophene rings is 1. The number of nitrogens with zero attached hydrogens (tertiary/aromatic N) is 2. The first-order chi connectivity index (χ1) is 22.8. The second kappa shape index (κ2) is 11.4. The van der Waals surface area contributed by atoms with Crippen molar-refractivity contribution < 1.29 is 0 Å². The van der Waals surface area contributed by atoms with E-state index in [2.05, 4.69) is 180 Å². The van der Waals surface area contributed by atoms with Crippen molar-refractivity contribution in [1.29, 1.82) is 0 Å². The molecule has 0 saturated heterocycles. The molecule has 0 bridgehead atoms. The molecule has 9 rings (SSSR count). The first kappa shape index (κ1) is 27.3. The van der Waals surface area contributed by atoms with Crippen LogP contribution in [0, 0.1) is 0 Å². The van der Waals surface area contributed by atoms with Crippen LogP contribution in [0.15, 0.2) is 175 Å². The van der Waals surface area contributed by atoms with Crippen LogP contribution in [0.2, 0.25) is 0 Å². The predicted octanol–water partition coefficient (Wildman–Crippen LogP) is 12.7. The van der Waals surface area contributed by atoms with E-state index in [1.165, 1.54) is 36.3 Å². The van der Waals surface area contributed by atoms with Gasteiger partial charge < -0.3 is 9.80 Å². The fourth-order valence-electron chi connectivity index (χ4n) is 6.84. The molecule has 0 radical (unpaired) electrons. The maximum Gasteiger partial charge on any atom is 0.0482 e. The molecular weight excluding hydrogens is 597 g/mol. The van der Waals surface area contributed by atoms with E-state index in [1.807, 2.05) is 23.1 Å². The maximum absolute atomic E-state index is 2.40. The predicted molar refractivity (Wildman–Crippen MR) is 199 cm³/mol. The quantitative estimate of drug-likeness (QED) is 0.181. The zero-order valence-corrected chi connectivity index (χ0v) is 26.7. The lowest BCUT2D eigenvalue weighted by Gasteiger charge is -2.30. The van der Waals surface area contributed by atoms with Crippen LogP contribution in [0.25, 0.3) is 20.2 Å². The summed E-state index contributed by atoms with van der Waals surface area (Å²) in [6, 6.07) is 53.0. The van der Waals surface area contributed by atoms with Gasteiger partial charge in [0.05, 0.1) is 0 Å². The van der Waals surface area contributed by atoms with Gasteiger partial charge in [-0.3, -0.25) is 0 Å². The minimum atomic E-state index is 0.408. The molecule has 2 heterocycles. The summed E-state index contributed by atoms with van der Waals surface area (Å²) in [4.78, 5) is 6.15. The average molecular weight is 627 g/mol. The van der Waals surface area contributed by atoms with E-state index >= 15 is 0 Å². The van der Waals surface area contributed by atoms with Crippen molar-refractivity contribution in [3.8, 4) is 0 Å². The molecule has 0 spiro atoms. The first-order valence-corrected chi connectivity index (χ1v) is 17.4. The Morgan fingerprint density at radius 2 is 1.02 bits per heavy atom. The molecule has 2 nitrogen and oxygen atoms in total. The molecule has 46 heavy (non-hydrogen) atoms. The van der Waals surface area contributed by atoms with Crippen LogP contribution in [0.1, 0.15) is 11.5 Å². The largest absolute Gasteiger partial charge is 0.310 e. The van der Waals surface area contributed by atoms with Crippen LogP contribution in [0.5, 0.6) is 0 Å². The molecule has 0 N–H and O–H groups in total. The fraction of sp³-hybridized carbons (Fsp3) is 0.0476. The average Bonchev–Trinajstić information content (AvgIpc) is 3.68. The van der Waals surface area contributed by atoms with Crippen LogP contribution in [0.4, 0.5) is 34.1 Å². The monoisotopic (exact) mass is 626 g/mol. The summed E-state index contributed by atoms with van der Waals surface area (Å²) < 4.78 is 2.63. The van der Waals surface area contributed by atoms with Crippen LogP contribution in [0.3, 0.4) is 0 Å². The lowest BCUT2D eigenvalue weighted by atomic mass is 9.92. The number of para-hydroxylation sites is 2. The summed E-state index contributed by atoms with van der Waals surface area (Å²) in [6.07, 6.45) is 9.06. The van der Waals surface area contributed by atoms with Gasteiger partial charge in [0.15, 0.2) is 0 Å². The Kier molecular flexibility index (Phi) is 6.76. The Balaban J connectivity index is 1.19. The topological polar surface area (TPSA) is 6.48 Å². The number of anilines is 6. The van der Waals surface area contributed by atoms with Gasteiger partial charge in [-0.2, -0.15) is 0 Å². The SMILES string of the molecule is C1=CC2Sc3ccc(N(c4ccccc4)c4cccc(N(c5ccccc5)c5ccc6sc7ccccc7c6c5)c4)cc3C2C=C1. The Morgan fingerprint density at radius 3 is 1.78 bits per heavy atom. The van der Waals surface area contributed by atoms with Gasteiger partial charge in [-0.15, -0.1) is 23.1 Å². The molecule has 6 aromatic carbocycles. The molecule has 0 fully saturated rings. The molecule has 2 atom stereocenters. The molecule has 7 aromatic rings. The normalized spacial score (nSPS) is 16.4. The van der Waals surface area contributed by atoms with Gasteiger partial charge >= 0.3 is 0 Å². The van der Waals surface area contributed by atoms with Gasteiger partial charge in [0.1, 0.15) is 0 Å². The maximum atomic E-state index is 2.40. The van der Waals surface area contributed by atoms with Gasteiger partial charge in [0, 0.05) is 70.4 Å². The van der Waals surface area contributed by atoms with Crippen molar-refractivity contribution in [2.24, 2.45) is 0 Å². The van der Waals surface area contributed by atoms with Crippen LogP contribution >= 0.6 is 23.1 Å². The lowest BCUT2D eigenvalue weighted by Crippen LogP contribution is -2.13. The van der Waals surface area contributed by atoms with E-state index in [1.54, 1.807) is 0 Å². The molecule has 0 amide bonds. The van der Waals surface area contributed by atoms with E-state index in [0.29, 0.717) is 11.2 Å². The van der Waals surface area contributed by atoms with Crippen molar-refractivity contribution >= 4 is 77.4 Å². The van der Waals surface area contributed by atoms with Crippen molar-refractivity contribution in [2.75, 3.05) is 9.80 Å². The summed E-state index contributed by atoms with van der Waals surface area (Å²) in [5.74, 6) is 0.408. The van der Waals surface area contributed by atoms with Crippen LogP contribution in [-0.2, 0) is 0 Å². The Hall–Kier alpha value is -5.03. The number of fused-ring (bicyclic) bond motifs is 6. The van der Waals surface area contributed by atoms with Gasteiger partial charge in [-0.25, -0.2) is 0 Å². The highest BCUT2D eigenvalue weighted by molar-refractivity contribution is 8.00. The van der Waals surface area contributed by atoms with E-state index < -0.39 is 0 Å². The fourth-order valence-corrected chi connectivity index (χ4v) is 9.25. The third-order valence-electron chi connectivity index (χ3n) is 8.95. The number of allylic oxidation sites excluding steroid dienone is 3. The zero-order chi connectivity index (χ0) is 30.5. The number of rotatable bonds is 6. The number of hydrogen-bond donors (Lipinski definition) is 0. The van der Waals surface area contributed by atoms with Crippen molar-refractivity contribution in [2.45, 2.75) is 16.1 Å². The highest BCUT2D eigenvalue weighted by Crippen LogP contribution is 2.50. The highest BCUT2D eigenvalue weighted by Gasteiger charge is 2.31. The summed E-state index contributed by atoms with van der Waals surface area (Å²) in [7, 11) is 0. The van der Waals surface area contributed by atoms with Gasteiger partial charge in [-0.05, 0) is 90.5 Å². The van der Waals surface area contributed by atoms with Crippen LogP contribution < -0.4 is 9.80 Å². The van der Waals surface area contributed by atoms with Gasteiger partial charge in [-0.1, -0.05) is 85.0 Å². The number of hydrogen-bond acceptors (Lipinski definition) is 4. The zero-order valence-electron chi connectivity index (χ0n) is 25.0. The number of thioether (sulfide) groups is 1. The van der Waals surface area contributed by atoms with E-state index in [9.17, 15) is 0 Å². The van der Waals surface area contributed by atoms with E-state index in [-0.39, 0.29) is 0 Å². The first-order valence-electron chi connectivity index (χ1n) is 15.7. The van der Waals surface area contributed by atoms with Gasteiger partial charge in [0.2, 0.25) is 0 Å². The lowest BCUT2D eigenvalue weighted by molar-refractivity contribution is 0.880. The van der Waals surface area contributed by atoms with E-state index in [0.717, 1.165) is 28.4 Å². The Morgan fingerprint density at radius 1 is 0.435 bits per heavy atom. The summed E-state index contributed by atoms with van der Waals surface area (Å²) in [6.45, 7) is 0. The molecule has 0 saturated carbocycles. The standard InChI is InChI=1S/C42H30N2S2/c1-3-12-29(13-4-1)43(33-22-24-41-37(27-33)35-18-7-9-20-39(35)45-41)31-16-11-17-32(26-31)44(30-14-5-2-6-15-30)34-23-25-42-38(28-34)36-19-8-10-21-40(36)46-42/h1-28,35,39H. The Labute approximate surface area is 277 Å². The molecule has 2 unspecified atom stereocenters. The van der Waals surface area contributed by atoms with Gasteiger partial charge in [0.25, 0.3) is 0 Å². The molecule has 1 aromatic heterocycles. The molecule has 1 aliphatic carbocycles. The summed E-state index contributed by atoms with van der Waals surface area (Å²) in [5.41, 5.74) is 8.22. The van der Waals surface area contributed by atoms with E-state index in [4.69, 9.17) is 0 Å². The second-order valence-corrected chi connectivity index (χ2v) is 14.0. The molecule has 1 aliphatic heterocycles. The van der Waals surface area contributed by atoms with Crippen molar-refractivity contribution in [1.82, 2.24) is 0 Å². The number of benzene rings is 6. The third-order valence-corrected chi connectivity index (χ3v) is 11.5. The molecular formula is C42H30N2S2. The Bertz CT molecular complexity index is 2270. The molecule has 4 heteroatoms. The summed E-state index contributed by atoms with van der Waals surface area (Å²) in [5, 5.41) is 3.07. The highest BCUT2D eigenvalue weighted by atomic mass is 32.2. The minimum Gasteiger partial charge on any atom is -0.310 e. The van der Waals surface area contributed by atoms with Crippen LogP contribution in [-0.4, -0.2) is 5.25 Å². The molecule has 2 aliphatic rings.